The van der Waals surface area contributed by atoms with Gasteiger partial charge in [0.05, 0.1) is 11.8 Å². The van der Waals surface area contributed by atoms with Crippen LogP contribution in [0.1, 0.15) is 30.6 Å². The number of nitrogens with one attached hydrogen (secondary N) is 1. The van der Waals surface area contributed by atoms with E-state index in [1.807, 2.05) is 24.8 Å². The number of amides is 1. The van der Waals surface area contributed by atoms with Crippen LogP contribution >= 0.6 is 0 Å². The normalized spacial score (nSPS) is 16.9. The highest BCUT2D eigenvalue weighted by molar-refractivity contribution is 6.02. The number of nitrogens with zero attached hydrogens (tertiary/aromatic N) is 5. The quantitative estimate of drug-likeness (QED) is 0.609. The number of aliphatic hydroxyl groups excluding tert-OH is 1. The number of aromatic nitrogens is 4. The van der Waals surface area contributed by atoms with Crippen LogP contribution in [0.15, 0.2) is 30.7 Å². The average Bonchev–Trinajstić information content (AvgIpc) is 3.26. The smallest absolute Gasteiger partial charge is 0.254 e. The molecular weight excluding hydrogens is 358 g/mol. The van der Waals surface area contributed by atoms with Crippen molar-refractivity contribution >= 4 is 28.6 Å². The summed E-state index contributed by atoms with van der Waals surface area (Å²) in [5.74, 6) is 0.394. The van der Waals surface area contributed by atoms with E-state index in [1.54, 1.807) is 29.2 Å². The molecule has 0 aromatic carbocycles. The maximum atomic E-state index is 12.2. The molecule has 1 aliphatic rings. The molecule has 9 nitrogen and oxygen atoms in total. The molecule has 1 saturated heterocycles. The fourth-order valence-electron chi connectivity index (χ4n) is 3.46. The summed E-state index contributed by atoms with van der Waals surface area (Å²) < 4.78 is 1.75. The third-order valence-electron chi connectivity index (χ3n) is 4.71. The molecule has 1 fully saturated rings. The molecule has 1 aliphatic heterocycles. The average molecular weight is 381 g/mol. The number of fused-ring (bicyclic) bond motifs is 1. The number of aliphatic hydroxyl groups is 1. The van der Waals surface area contributed by atoms with E-state index in [1.165, 1.54) is 0 Å². The molecular formula is C19H23N7O2. The molecule has 0 unspecified atom stereocenters. The highest BCUT2D eigenvalue weighted by atomic mass is 16.3. The zero-order chi connectivity index (χ0) is 19.8. The highest BCUT2D eigenvalue weighted by Crippen LogP contribution is 2.26. The Morgan fingerprint density at radius 1 is 1.36 bits per heavy atom. The Morgan fingerprint density at radius 2 is 2.18 bits per heavy atom. The number of carbonyl (C=O) groups is 1. The summed E-state index contributed by atoms with van der Waals surface area (Å²) in [6, 6.07) is 3.74. The fraction of sp³-hybridized carbons (Fsp3) is 0.368. The molecule has 4 N–H and O–H groups in total. The molecule has 9 heteroatoms. The van der Waals surface area contributed by atoms with E-state index in [4.69, 9.17) is 5.73 Å². The van der Waals surface area contributed by atoms with Crippen molar-refractivity contribution in [3.63, 3.8) is 0 Å². The van der Waals surface area contributed by atoms with Crippen molar-refractivity contribution in [2.75, 3.05) is 23.3 Å². The number of primary amides is 1. The maximum Gasteiger partial charge on any atom is 0.254 e. The van der Waals surface area contributed by atoms with Crippen LogP contribution in [0.2, 0.25) is 0 Å². The lowest BCUT2D eigenvalue weighted by atomic mass is 10.2. The summed E-state index contributed by atoms with van der Waals surface area (Å²) in [5.41, 5.74) is 7.25. The molecule has 146 valence electrons. The maximum absolute atomic E-state index is 12.2. The molecule has 0 spiro atoms. The Kier molecular flexibility index (Phi) is 4.60. The zero-order valence-corrected chi connectivity index (χ0v) is 15.8. The SMILES string of the molecule is CC(C)Nc1ccnc(-n2ccc3cnc(N4CC[C@@H](O)C4)nc32)c1C(N)=O. The highest BCUT2D eigenvalue weighted by Gasteiger charge is 2.24. The monoisotopic (exact) mass is 381 g/mol. The zero-order valence-electron chi connectivity index (χ0n) is 15.8. The van der Waals surface area contributed by atoms with Gasteiger partial charge >= 0.3 is 0 Å². The molecule has 0 saturated carbocycles. The van der Waals surface area contributed by atoms with Crippen molar-refractivity contribution in [3.8, 4) is 5.82 Å². The van der Waals surface area contributed by atoms with E-state index >= 15 is 0 Å². The Bertz CT molecular complexity index is 1030. The van der Waals surface area contributed by atoms with E-state index < -0.39 is 5.91 Å². The Labute approximate surface area is 162 Å². The van der Waals surface area contributed by atoms with Crippen LogP contribution in [0.25, 0.3) is 16.9 Å². The van der Waals surface area contributed by atoms with Crippen LogP contribution in [0.3, 0.4) is 0 Å². The second kappa shape index (κ2) is 7.08. The molecule has 0 aliphatic carbocycles. The van der Waals surface area contributed by atoms with Crippen LogP contribution in [0.4, 0.5) is 11.6 Å². The van der Waals surface area contributed by atoms with E-state index in [9.17, 15) is 9.90 Å². The van der Waals surface area contributed by atoms with Crippen LogP contribution in [-0.4, -0.2) is 55.8 Å². The number of anilines is 2. The number of nitrogens with two attached hydrogens (primary N) is 1. The van der Waals surface area contributed by atoms with Crippen molar-refractivity contribution in [1.82, 2.24) is 19.5 Å². The first-order chi connectivity index (χ1) is 13.4. The number of carbonyl (C=O) groups excluding carboxylic acids is 1. The van der Waals surface area contributed by atoms with E-state index in [0.717, 1.165) is 5.39 Å². The minimum Gasteiger partial charge on any atom is -0.391 e. The first-order valence-electron chi connectivity index (χ1n) is 9.27. The number of β-amino-alcohol motifs (C(OH)–C–C–N with tert-alkyl or cyclic N) is 1. The molecule has 1 atom stereocenters. The van der Waals surface area contributed by atoms with E-state index in [-0.39, 0.29) is 12.1 Å². The van der Waals surface area contributed by atoms with Gasteiger partial charge < -0.3 is 21.1 Å². The first-order valence-corrected chi connectivity index (χ1v) is 9.27. The predicted octanol–water partition coefficient (Wildman–Crippen LogP) is 1.31. The Morgan fingerprint density at radius 3 is 2.86 bits per heavy atom. The lowest BCUT2D eigenvalue weighted by molar-refractivity contribution is 0.100. The van der Waals surface area contributed by atoms with Gasteiger partial charge in [-0.05, 0) is 32.4 Å². The first kappa shape index (κ1) is 18.2. The van der Waals surface area contributed by atoms with Gasteiger partial charge in [0.15, 0.2) is 11.5 Å². The van der Waals surface area contributed by atoms with Crippen LogP contribution in [-0.2, 0) is 0 Å². The number of hydrogen-bond donors (Lipinski definition) is 3. The molecule has 1 amide bonds. The molecule has 3 aromatic heterocycles. The summed E-state index contributed by atoms with van der Waals surface area (Å²) in [5, 5.41) is 13.9. The van der Waals surface area contributed by atoms with Gasteiger partial charge in [0.25, 0.3) is 5.91 Å². The second-order valence-electron chi connectivity index (χ2n) is 7.24. The van der Waals surface area contributed by atoms with Gasteiger partial charge in [-0.2, -0.15) is 4.98 Å². The van der Waals surface area contributed by atoms with Gasteiger partial charge in [-0.15, -0.1) is 0 Å². The molecule has 28 heavy (non-hydrogen) atoms. The van der Waals surface area contributed by atoms with Gasteiger partial charge in [0.2, 0.25) is 5.95 Å². The van der Waals surface area contributed by atoms with Crippen molar-refractivity contribution in [2.45, 2.75) is 32.4 Å². The van der Waals surface area contributed by atoms with Crippen molar-refractivity contribution < 1.29 is 9.90 Å². The van der Waals surface area contributed by atoms with Crippen molar-refractivity contribution in [1.29, 1.82) is 0 Å². The molecule has 3 aromatic rings. The topological polar surface area (TPSA) is 122 Å². The molecule has 0 radical (unpaired) electrons. The fourth-order valence-corrected chi connectivity index (χ4v) is 3.46. The van der Waals surface area contributed by atoms with Crippen LogP contribution in [0.5, 0.6) is 0 Å². The van der Waals surface area contributed by atoms with Gasteiger partial charge in [0.1, 0.15) is 5.56 Å². The third-order valence-corrected chi connectivity index (χ3v) is 4.71. The van der Waals surface area contributed by atoms with Crippen LogP contribution in [0, 0.1) is 0 Å². The molecule has 4 rings (SSSR count). The largest absolute Gasteiger partial charge is 0.391 e. The van der Waals surface area contributed by atoms with Gasteiger partial charge in [-0.1, -0.05) is 0 Å². The second-order valence-corrected chi connectivity index (χ2v) is 7.24. The summed E-state index contributed by atoms with van der Waals surface area (Å²) >= 11 is 0. The summed E-state index contributed by atoms with van der Waals surface area (Å²) in [7, 11) is 0. The Hall–Kier alpha value is -3.20. The van der Waals surface area contributed by atoms with E-state index in [2.05, 4.69) is 20.3 Å². The molecule has 4 heterocycles. The van der Waals surface area contributed by atoms with Gasteiger partial charge in [-0.25, -0.2) is 9.97 Å². The molecule has 0 bridgehead atoms. The van der Waals surface area contributed by atoms with E-state index in [0.29, 0.717) is 48.2 Å². The lowest BCUT2D eigenvalue weighted by Crippen LogP contribution is -2.23. The standard InChI is InChI=1S/C19H23N7O2/c1-11(2)23-14-3-6-21-18(15(14)16(20)28)26-8-4-12-9-22-19(24-17(12)26)25-7-5-13(27)10-25/h3-4,6,8-9,11,13,27H,5,7,10H2,1-2H3,(H2,20,28)(H,21,23)/t13-/m1/s1. The van der Waals surface area contributed by atoms with Crippen LogP contribution < -0.4 is 16.0 Å². The van der Waals surface area contributed by atoms with Gasteiger partial charge in [0, 0.05) is 43.1 Å². The lowest BCUT2D eigenvalue weighted by Gasteiger charge is -2.17. The number of hydrogen-bond acceptors (Lipinski definition) is 7. The summed E-state index contributed by atoms with van der Waals surface area (Å²) in [4.78, 5) is 27.7. The minimum absolute atomic E-state index is 0.130. The summed E-state index contributed by atoms with van der Waals surface area (Å²) in [6.07, 6.45) is 5.50. The number of rotatable bonds is 5. The minimum atomic E-state index is -0.565. The van der Waals surface area contributed by atoms with Gasteiger partial charge in [-0.3, -0.25) is 9.36 Å². The predicted molar refractivity (Wildman–Crippen MR) is 107 cm³/mol. The summed E-state index contributed by atoms with van der Waals surface area (Å²) in [6.45, 7) is 5.18. The third kappa shape index (κ3) is 3.24. The van der Waals surface area contributed by atoms with Crippen molar-refractivity contribution in [3.05, 3.63) is 36.3 Å². The van der Waals surface area contributed by atoms with Crippen molar-refractivity contribution in [2.24, 2.45) is 5.73 Å². The Balaban J connectivity index is 1.84. The number of pyridine rings is 1.